The number of morpholine rings is 2. The minimum Gasteiger partial charge on any atom is -0.378 e. The highest BCUT2D eigenvalue weighted by Crippen LogP contribution is 2.51. The Morgan fingerprint density at radius 3 is 2.82 bits per heavy atom. The molecule has 1 aromatic rings. The molecule has 3 aliphatic heterocycles. The number of ketones is 1. The summed E-state index contributed by atoms with van der Waals surface area (Å²) in [6.07, 6.45) is 11.4. The summed E-state index contributed by atoms with van der Waals surface area (Å²) in [6.45, 7) is 2.51. The van der Waals surface area contributed by atoms with Crippen LogP contribution in [0.15, 0.2) is 24.3 Å². The molecule has 7 rings (SSSR count). The molecule has 6 aliphatic rings. The summed E-state index contributed by atoms with van der Waals surface area (Å²) in [5.41, 5.74) is 1.23. The normalized spacial score (nSPS) is 39.9. The fourth-order valence-corrected chi connectivity index (χ4v) is 8.53. The van der Waals surface area contributed by atoms with Gasteiger partial charge in [-0.05, 0) is 37.5 Å². The van der Waals surface area contributed by atoms with Crippen molar-refractivity contribution >= 4 is 11.7 Å². The van der Waals surface area contributed by atoms with Crippen LogP contribution < -0.4 is 5.32 Å². The highest BCUT2D eigenvalue weighted by Gasteiger charge is 2.60. The molecule has 0 radical (unpaired) electrons. The molecule has 9 unspecified atom stereocenters. The molecule has 10 heteroatoms. The van der Waals surface area contributed by atoms with Gasteiger partial charge < -0.3 is 29.6 Å². The number of nitrogens with zero attached hydrogens (tertiary/aromatic N) is 3. The van der Waals surface area contributed by atoms with Crippen LogP contribution in [0.4, 0.5) is 4.39 Å². The number of nitrogens with one attached hydrogen (secondary N) is 2. The van der Waals surface area contributed by atoms with E-state index < -0.39 is 24.2 Å². The zero-order chi connectivity index (χ0) is 26.5. The molecule has 1 amide bonds. The highest BCUT2D eigenvalue weighted by atomic mass is 19.1. The number of imidazole rings is 1. The Hall–Kier alpha value is -2.30. The fraction of sp³-hybridized carbons (Fsp3) is 0.759. The van der Waals surface area contributed by atoms with Gasteiger partial charge in [0.15, 0.2) is 5.78 Å². The van der Waals surface area contributed by atoms with Gasteiger partial charge in [-0.1, -0.05) is 19.3 Å². The zero-order valence-corrected chi connectivity index (χ0v) is 22.5. The monoisotopic (exact) mass is 541 g/mol. The van der Waals surface area contributed by atoms with Crippen LogP contribution in [-0.4, -0.2) is 101 Å². The van der Waals surface area contributed by atoms with E-state index in [0.717, 1.165) is 25.0 Å². The number of alkyl halides is 1. The number of Topliss-reactive ketones (excluding diaryl/α,β-unsaturated/α-hetero) is 1. The third-order valence-corrected chi connectivity index (χ3v) is 10.3. The van der Waals surface area contributed by atoms with Crippen molar-refractivity contribution in [3.05, 3.63) is 30.0 Å². The smallest absolute Gasteiger partial charge is 0.259 e. The lowest BCUT2D eigenvalue weighted by Crippen LogP contribution is -2.74. The van der Waals surface area contributed by atoms with Gasteiger partial charge in [-0.2, -0.15) is 0 Å². The molecular formula is C29H40FN5O4. The molecule has 0 bridgehead atoms. The van der Waals surface area contributed by atoms with Crippen LogP contribution in [0.25, 0.3) is 0 Å². The van der Waals surface area contributed by atoms with Crippen molar-refractivity contribution < 1.29 is 23.5 Å². The number of carbonyl (C=O) groups is 2. The van der Waals surface area contributed by atoms with Gasteiger partial charge in [-0.15, -0.1) is 0 Å². The molecule has 0 aromatic carbocycles. The first-order valence-electron chi connectivity index (χ1n) is 15.0. The molecule has 5 fully saturated rings. The van der Waals surface area contributed by atoms with Crippen molar-refractivity contribution in [1.82, 2.24) is 25.1 Å². The van der Waals surface area contributed by atoms with Crippen LogP contribution in [0.5, 0.6) is 0 Å². The second-order valence-corrected chi connectivity index (χ2v) is 12.3. The van der Waals surface area contributed by atoms with Crippen LogP contribution in [0, 0.1) is 17.8 Å². The Balaban J connectivity index is 1.22. The van der Waals surface area contributed by atoms with Crippen molar-refractivity contribution in [2.75, 3.05) is 32.8 Å². The number of halogens is 1. The third-order valence-electron chi connectivity index (χ3n) is 10.3. The first kappa shape index (κ1) is 25.7. The number of carbonyl (C=O) groups excluding carboxylic acids is 2. The predicted molar refractivity (Wildman–Crippen MR) is 140 cm³/mol. The maximum Gasteiger partial charge on any atom is 0.259 e. The standard InChI is InChI=1S/C29H40FN5O4/c30-22-13-20-26-28(24(22)32-8-7-18-14-31-16-33-18)39-23-6-5-17-3-1-2-4-19(17)25(23)35(26)15-21(27(20)36)29(37)34-9-11-38-12-10-34/h14-17,19-20,22-26,28,32H,1-13H2,(H,31,33). The molecule has 1 aromatic heterocycles. The van der Waals surface area contributed by atoms with Crippen molar-refractivity contribution in [3.63, 3.8) is 0 Å². The summed E-state index contributed by atoms with van der Waals surface area (Å²) in [5, 5.41) is 3.45. The molecule has 0 spiro atoms. The molecule has 9 nitrogen and oxygen atoms in total. The van der Waals surface area contributed by atoms with E-state index in [1.807, 2.05) is 6.20 Å². The molecule has 39 heavy (non-hydrogen) atoms. The maximum absolute atomic E-state index is 16.0. The van der Waals surface area contributed by atoms with Crippen molar-refractivity contribution in [2.45, 2.75) is 87.9 Å². The van der Waals surface area contributed by atoms with Crippen LogP contribution >= 0.6 is 0 Å². The molecular weight excluding hydrogens is 501 g/mol. The molecule has 4 heterocycles. The van der Waals surface area contributed by atoms with E-state index >= 15 is 4.39 Å². The third kappa shape index (κ3) is 4.52. The Bertz CT molecular complexity index is 1090. The first-order chi connectivity index (χ1) is 19.1. The van der Waals surface area contributed by atoms with Gasteiger partial charge >= 0.3 is 0 Å². The molecule has 2 saturated heterocycles. The molecule has 9 atom stereocenters. The number of aromatic amines is 1. The average Bonchev–Trinajstić information content (AvgIpc) is 3.49. The van der Waals surface area contributed by atoms with Gasteiger partial charge in [0.1, 0.15) is 6.17 Å². The zero-order valence-electron chi connectivity index (χ0n) is 22.5. The van der Waals surface area contributed by atoms with E-state index in [-0.39, 0.29) is 41.9 Å². The summed E-state index contributed by atoms with van der Waals surface area (Å²) in [5.74, 6) is 0.120. The van der Waals surface area contributed by atoms with Crippen LogP contribution in [0.3, 0.4) is 0 Å². The quantitative estimate of drug-likeness (QED) is 0.550. The minimum atomic E-state index is -1.23. The summed E-state index contributed by atoms with van der Waals surface area (Å²) in [7, 11) is 0. The van der Waals surface area contributed by atoms with Gasteiger partial charge in [0.05, 0.1) is 55.4 Å². The molecule has 212 valence electrons. The maximum atomic E-state index is 16.0. The topological polar surface area (TPSA) is 99.8 Å². The Kier molecular flexibility index (Phi) is 6.97. The van der Waals surface area contributed by atoms with Crippen molar-refractivity contribution in [3.8, 4) is 0 Å². The van der Waals surface area contributed by atoms with Gasteiger partial charge in [-0.25, -0.2) is 9.37 Å². The number of hydrogen-bond donors (Lipinski definition) is 2. The Morgan fingerprint density at radius 2 is 2.00 bits per heavy atom. The lowest BCUT2D eigenvalue weighted by Gasteiger charge is -2.62. The van der Waals surface area contributed by atoms with Gasteiger partial charge in [0, 0.05) is 50.1 Å². The number of aromatic nitrogens is 2. The van der Waals surface area contributed by atoms with Gasteiger partial charge in [-0.3, -0.25) is 9.59 Å². The predicted octanol–water partition coefficient (Wildman–Crippen LogP) is 2.00. The number of fused-ring (bicyclic) bond motifs is 4. The number of rotatable bonds is 5. The second-order valence-electron chi connectivity index (χ2n) is 12.3. The number of amides is 1. The fourth-order valence-electron chi connectivity index (χ4n) is 8.53. The Labute approximate surface area is 228 Å². The summed E-state index contributed by atoms with van der Waals surface area (Å²) in [4.78, 5) is 38.8. The number of H-pyrrole nitrogens is 1. The number of hydrogen-bond acceptors (Lipinski definition) is 7. The van der Waals surface area contributed by atoms with Gasteiger partial charge in [0.2, 0.25) is 0 Å². The van der Waals surface area contributed by atoms with Crippen molar-refractivity contribution in [2.24, 2.45) is 17.8 Å². The van der Waals surface area contributed by atoms with E-state index in [0.29, 0.717) is 51.1 Å². The summed E-state index contributed by atoms with van der Waals surface area (Å²) in [6, 6.07) is -0.619. The number of ether oxygens (including phenoxy) is 2. The molecule has 3 saturated carbocycles. The van der Waals surface area contributed by atoms with Crippen molar-refractivity contribution in [1.29, 1.82) is 0 Å². The second kappa shape index (κ2) is 10.6. The lowest BCUT2D eigenvalue weighted by molar-refractivity contribution is -0.215. The van der Waals surface area contributed by atoms with Gasteiger partial charge in [0.25, 0.3) is 5.91 Å². The van der Waals surface area contributed by atoms with E-state index in [2.05, 4.69) is 20.2 Å². The lowest BCUT2D eigenvalue weighted by atomic mass is 9.63. The highest BCUT2D eigenvalue weighted by molar-refractivity contribution is 6.20. The molecule has 3 aliphatic carbocycles. The Morgan fingerprint density at radius 1 is 1.15 bits per heavy atom. The molecule has 2 N–H and O–H groups in total. The minimum absolute atomic E-state index is 0.0161. The average molecular weight is 542 g/mol. The van der Waals surface area contributed by atoms with E-state index in [1.54, 1.807) is 17.4 Å². The SMILES string of the molecule is O=C1C(C(=O)N2CCOCC2)=CN2C3C(CCC4CCCCC43)OC3C(NCCc4cnc[nH]4)C(F)CC1C32. The van der Waals surface area contributed by atoms with Crippen LogP contribution in [0.2, 0.25) is 0 Å². The largest absolute Gasteiger partial charge is 0.378 e. The summed E-state index contributed by atoms with van der Waals surface area (Å²) >= 11 is 0. The van der Waals surface area contributed by atoms with E-state index in [1.165, 1.54) is 19.3 Å². The summed E-state index contributed by atoms with van der Waals surface area (Å²) < 4.78 is 28.2. The van der Waals surface area contributed by atoms with E-state index in [9.17, 15) is 9.59 Å². The van der Waals surface area contributed by atoms with Crippen LogP contribution in [0.1, 0.15) is 50.6 Å². The van der Waals surface area contributed by atoms with E-state index in [4.69, 9.17) is 9.47 Å². The first-order valence-corrected chi connectivity index (χ1v) is 15.0. The van der Waals surface area contributed by atoms with Crippen LogP contribution in [-0.2, 0) is 25.5 Å².